The van der Waals surface area contributed by atoms with Crippen molar-refractivity contribution >= 4 is 17.7 Å². The van der Waals surface area contributed by atoms with Crippen LogP contribution in [0.3, 0.4) is 0 Å². The van der Waals surface area contributed by atoms with Gasteiger partial charge in [-0.1, -0.05) is 43.0 Å². The predicted octanol–water partition coefficient (Wildman–Crippen LogP) is 5.09. The van der Waals surface area contributed by atoms with E-state index in [1.807, 2.05) is 30.3 Å². The number of halogens is 1. The average molecular weight is 233 g/mol. The normalized spacial score (nSPS) is 16.6. The van der Waals surface area contributed by atoms with E-state index in [9.17, 15) is 0 Å². The van der Waals surface area contributed by atoms with Gasteiger partial charge in [-0.3, -0.25) is 0 Å². The Morgan fingerprint density at radius 1 is 1.19 bits per heavy atom. The van der Waals surface area contributed by atoms with Gasteiger partial charge in [0.2, 0.25) is 0 Å². The SMILES string of the molecule is Clc1cccc(C=C=CC2CCCCC2)c1. The first-order valence-electron chi connectivity index (χ1n) is 6.03. The maximum Gasteiger partial charge on any atom is 0.0412 e. The van der Waals surface area contributed by atoms with Crippen LogP contribution in [0.1, 0.15) is 37.7 Å². The lowest BCUT2D eigenvalue weighted by Gasteiger charge is -2.16. The summed E-state index contributed by atoms with van der Waals surface area (Å²) < 4.78 is 0. The minimum Gasteiger partial charge on any atom is -0.124 e. The first kappa shape index (κ1) is 11.5. The standard InChI is InChI=1S/C15H17Cl/c16-15-11-5-10-14(12-15)9-4-8-13-6-2-1-3-7-13/h5,8-13H,1-3,6-7H2. The fraction of sp³-hybridized carbons (Fsp3) is 0.400. The number of allylic oxidation sites excluding steroid dienone is 1. The van der Waals surface area contributed by atoms with E-state index >= 15 is 0 Å². The summed E-state index contributed by atoms with van der Waals surface area (Å²) >= 11 is 5.91. The molecule has 1 aromatic carbocycles. The Kier molecular flexibility index (Phi) is 4.27. The molecule has 1 aliphatic rings. The van der Waals surface area contributed by atoms with Crippen LogP contribution in [0, 0.1) is 5.92 Å². The first-order chi connectivity index (χ1) is 7.84. The fourth-order valence-corrected chi connectivity index (χ4v) is 2.38. The molecular weight excluding hydrogens is 216 g/mol. The second-order valence-corrected chi connectivity index (χ2v) is 4.87. The van der Waals surface area contributed by atoms with Crippen LogP contribution >= 0.6 is 11.6 Å². The molecule has 0 unspecified atom stereocenters. The van der Waals surface area contributed by atoms with E-state index in [1.165, 1.54) is 32.1 Å². The Morgan fingerprint density at radius 2 is 2.00 bits per heavy atom. The summed E-state index contributed by atoms with van der Waals surface area (Å²) in [6.45, 7) is 0. The van der Waals surface area contributed by atoms with Crippen molar-refractivity contribution < 1.29 is 0 Å². The van der Waals surface area contributed by atoms with Crippen molar-refractivity contribution in [3.05, 3.63) is 46.7 Å². The Bertz CT molecular complexity index is 394. The number of hydrogen-bond donors (Lipinski definition) is 0. The van der Waals surface area contributed by atoms with Crippen LogP contribution in [0.5, 0.6) is 0 Å². The van der Waals surface area contributed by atoms with E-state index < -0.39 is 0 Å². The summed E-state index contributed by atoms with van der Waals surface area (Å²) in [7, 11) is 0. The van der Waals surface area contributed by atoms with E-state index in [0.717, 1.165) is 16.5 Å². The van der Waals surface area contributed by atoms with Crippen molar-refractivity contribution in [3.8, 4) is 0 Å². The van der Waals surface area contributed by atoms with Crippen LogP contribution < -0.4 is 0 Å². The fourth-order valence-electron chi connectivity index (χ4n) is 2.18. The van der Waals surface area contributed by atoms with Crippen LogP contribution in [0.15, 0.2) is 36.1 Å². The zero-order valence-corrected chi connectivity index (χ0v) is 10.2. The second kappa shape index (κ2) is 5.94. The van der Waals surface area contributed by atoms with Gasteiger partial charge < -0.3 is 0 Å². The molecule has 1 heteroatoms. The maximum absolute atomic E-state index is 5.91. The minimum atomic E-state index is 0.740. The number of rotatable bonds is 2. The monoisotopic (exact) mass is 232 g/mol. The van der Waals surface area contributed by atoms with Gasteiger partial charge in [0.15, 0.2) is 0 Å². The average Bonchev–Trinajstić information content (AvgIpc) is 2.30. The van der Waals surface area contributed by atoms with Gasteiger partial charge in [-0.2, -0.15) is 0 Å². The molecule has 84 valence electrons. The van der Waals surface area contributed by atoms with Crippen LogP contribution in [0.4, 0.5) is 0 Å². The third kappa shape index (κ3) is 3.56. The van der Waals surface area contributed by atoms with Gasteiger partial charge in [-0.25, -0.2) is 0 Å². The van der Waals surface area contributed by atoms with Crippen LogP contribution in [0.25, 0.3) is 6.08 Å². The van der Waals surface area contributed by atoms with E-state index in [0.29, 0.717) is 0 Å². The molecule has 0 atom stereocenters. The highest BCUT2D eigenvalue weighted by Crippen LogP contribution is 2.24. The lowest BCUT2D eigenvalue weighted by Crippen LogP contribution is -2.01. The molecule has 0 nitrogen and oxygen atoms in total. The number of hydrogen-bond acceptors (Lipinski definition) is 0. The molecule has 0 heterocycles. The van der Waals surface area contributed by atoms with Crippen molar-refractivity contribution in [2.75, 3.05) is 0 Å². The Labute approximate surface area is 103 Å². The Hall–Kier alpha value is -0.970. The zero-order chi connectivity index (χ0) is 11.2. The molecule has 0 spiro atoms. The van der Waals surface area contributed by atoms with Crippen LogP contribution in [0.2, 0.25) is 5.02 Å². The molecule has 0 aromatic heterocycles. The topological polar surface area (TPSA) is 0 Å². The van der Waals surface area contributed by atoms with E-state index in [4.69, 9.17) is 11.6 Å². The Morgan fingerprint density at radius 3 is 2.75 bits per heavy atom. The number of benzene rings is 1. The summed E-state index contributed by atoms with van der Waals surface area (Å²) in [6, 6.07) is 7.87. The van der Waals surface area contributed by atoms with Crippen LogP contribution in [-0.2, 0) is 0 Å². The maximum atomic E-state index is 5.91. The molecule has 0 aliphatic heterocycles. The molecule has 1 aliphatic carbocycles. The van der Waals surface area contributed by atoms with Crippen molar-refractivity contribution in [1.29, 1.82) is 0 Å². The lowest BCUT2D eigenvalue weighted by molar-refractivity contribution is 0.420. The van der Waals surface area contributed by atoms with E-state index in [2.05, 4.69) is 11.8 Å². The third-order valence-electron chi connectivity index (χ3n) is 3.08. The molecule has 0 radical (unpaired) electrons. The predicted molar refractivity (Wildman–Crippen MR) is 70.6 cm³/mol. The van der Waals surface area contributed by atoms with Gasteiger partial charge in [-0.05, 0) is 48.6 Å². The highest BCUT2D eigenvalue weighted by Gasteiger charge is 2.08. The van der Waals surface area contributed by atoms with Crippen molar-refractivity contribution in [2.45, 2.75) is 32.1 Å². The molecule has 1 saturated carbocycles. The van der Waals surface area contributed by atoms with Gasteiger partial charge in [0.1, 0.15) is 0 Å². The quantitative estimate of drug-likeness (QED) is 0.623. The zero-order valence-electron chi connectivity index (χ0n) is 9.45. The second-order valence-electron chi connectivity index (χ2n) is 4.43. The summed E-state index contributed by atoms with van der Waals surface area (Å²) in [5, 5.41) is 0.785. The third-order valence-corrected chi connectivity index (χ3v) is 3.32. The molecule has 0 N–H and O–H groups in total. The highest BCUT2D eigenvalue weighted by atomic mass is 35.5. The molecular formula is C15H17Cl. The van der Waals surface area contributed by atoms with Crippen molar-refractivity contribution in [1.82, 2.24) is 0 Å². The van der Waals surface area contributed by atoms with E-state index in [1.54, 1.807) is 0 Å². The van der Waals surface area contributed by atoms with Gasteiger partial charge in [-0.15, -0.1) is 5.73 Å². The molecule has 1 fully saturated rings. The van der Waals surface area contributed by atoms with Crippen LogP contribution in [-0.4, -0.2) is 0 Å². The highest BCUT2D eigenvalue weighted by molar-refractivity contribution is 6.30. The summed E-state index contributed by atoms with van der Waals surface area (Å²) in [5.41, 5.74) is 4.41. The molecule has 0 bridgehead atoms. The smallest absolute Gasteiger partial charge is 0.0412 e. The van der Waals surface area contributed by atoms with E-state index in [-0.39, 0.29) is 0 Å². The van der Waals surface area contributed by atoms with Gasteiger partial charge in [0.25, 0.3) is 0 Å². The molecule has 1 aromatic rings. The van der Waals surface area contributed by atoms with Crippen molar-refractivity contribution in [2.24, 2.45) is 5.92 Å². The first-order valence-corrected chi connectivity index (χ1v) is 6.40. The lowest BCUT2D eigenvalue weighted by atomic mass is 9.89. The molecule has 0 amide bonds. The molecule has 0 saturated heterocycles. The van der Waals surface area contributed by atoms with Crippen molar-refractivity contribution in [3.63, 3.8) is 0 Å². The molecule has 2 rings (SSSR count). The van der Waals surface area contributed by atoms with Gasteiger partial charge >= 0.3 is 0 Å². The largest absolute Gasteiger partial charge is 0.124 e. The minimum absolute atomic E-state index is 0.740. The summed E-state index contributed by atoms with van der Waals surface area (Å²) in [5.74, 6) is 0.740. The summed E-state index contributed by atoms with van der Waals surface area (Å²) in [4.78, 5) is 0. The van der Waals surface area contributed by atoms with Gasteiger partial charge in [0.05, 0.1) is 0 Å². The Balaban J connectivity index is 1.99. The summed E-state index contributed by atoms with van der Waals surface area (Å²) in [6.07, 6.45) is 11.1. The van der Waals surface area contributed by atoms with Gasteiger partial charge in [0, 0.05) is 5.02 Å². The molecule has 16 heavy (non-hydrogen) atoms.